The summed E-state index contributed by atoms with van der Waals surface area (Å²) in [7, 11) is 0. The number of aliphatic hydroxyl groups excluding tert-OH is 20. The Morgan fingerprint density at radius 1 is 0.272 bits per heavy atom. The summed E-state index contributed by atoms with van der Waals surface area (Å²) in [5.41, 5.74) is 5.94. The summed E-state index contributed by atoms with van der Waals surface area (Å²) in [6, 6.07) is 0. The first-order valence-electron chi connectivity index (χ1n) is 25.3. The van der Waals surface area contributed by atoms with Crippen LogP contribution in [0.15, 0.2) is 0 Å². The summed E-state index contributed by atoms with van der Waals surface area (Å²) in [5, 5.41) is 234. The molecule has 21 heterocycles. The third kappa shape index (κ3) is 13.8. The number of nitrogens with two attached hydrogens (primary N) is 1. The maximum Gasteiger partial charge on any atom is 0.291 e. The topological polar surface area (TPSA) is 623 Å². The fraction of sp³-hybridized carbons (Fsp3) is 1.00. The van der Waals surface area contributed by atoms with Crippen molar-refractivity contribution in [2.45, 2.75) is 215 Å². The highest BCUT2D eigenvalue weighted by molar-refractivity contribution is 5.02. The Balaban J connectivity index is 0.00000229. The highest BCUT2D eigenvalue weighted by Crippen LogP contribution is 2.39. The summed E-state index contributed by atoms with van der Waals surface area (Å²) >= 11 is 0. The van der Waals surface area contributed by atoms with Crippen LogP contribution in [0.4, 0.5) is 0 Å². The van der Waals surface area contributed by atoms with Crippen molar-refractivity contribution in [2.24, 2.45) is 5.73 Å². The molecule has 0 aliphatic carbocycles. The van der Waals surface area contributed by atoms with Gasteiger partial charge in [-0.15, -0.1) is 10.1 Å². The average Bonchev–Trinajstić information content (AvgIpc) is 3.65. The fourth-order valence-corrected chi connectivity index (χ4v) is 10.5. The molecular formula is C42H72N2O37. The minimum atomic E-state index is -2.20. The first-order valence-corrected chi connectivity index (χ1v) is 25.3. The van der Waals surface area contributed by atoms with Crippen LogP contribution in [-0.2, 0) is 66.3 Å². The molecule has 21 saturated heterocycles. The van der Waals surface area contributed by atoms with Crippen LogP contribution in [0.3, 0.4) is 0 Å². The van der Waals surface area contributed by atoms with Crippen LogP contribution in [0.25, 0.3) is 0 Å². The Kier molecular flexibility index (Phi) is 23.4. The van der Waals surface area contributed by atoms with Crippen molar-refractivity contribution >= 4 is 0 Å². The van der Waals surface area contributed by atoms with Crippen LogP contribution in [0.1, 0.15) is 0 Å². The fourth-order valence-electron chi connectivity index (χ4n) is 10.5. The maximum absolute atomic E-state index is 11.4. The van der Waals surface area contributed by atoms with Gasteiger partial charge in [0.15, 0.2) is 44.0 Å². The predicted molar refractivity (Wildman–Crippen MR) is 239 cm³/mol. The van der Waals surface area contributed by atoms with Gasteiger partial charge in [0, 0.05) is 6.54 Å². The van der Waals surface area contributed by atoms with Gasteiger partial charge < -0.3 is 179 Å². The van der Waals surface area contributed by atoms with Gasteiger partial charge in [0.2, 0.25) is 0 Å². The molecule has 0 aromatic heterocycles. The molecule has 0 aromatic rings. The molecule has 0 saturated carbocycles. The van der Waals surface area contributed by atoms with Crippen LogP contribution in [-0.4, -0.2) is 374 Å². The van der Waals surface area contributed by atoms with Crippen molar-refractivity contribution in [3.05, 3.63) is 10.1 Å². The Bertz CT molecular complexity index is 1580. The summed E-state index contributed by atoms with van der Waals surface area (Å²) in [5.74, 6) is 0. The van der Waals surface area contributed by atoms with Gasteiger partial charge in [-0.25, -0.2) is 0 Å². The second kappa shape index (κ2) is 28.5. The summed E-state index contributed by atoms with van der Waals surface area (Å²) in [6.45, 7) is -6.75. The number of hydrogen-bond acceptors (Lipinski definition) is 37. The molecule has 39 heteroatoms. The van der Waals surface area contributed by atoms with Gasteiger partial charge in [0.05, 0.1) is 39.6 Å². The van der Waals surface area contributed by atoms with E-state index in [0.717, 1.165) is 0 Å². The zero-order chi connectivity index (χ0) is 59.6. The number of hydrogen-bond donors (Lipinski definition) is 22. The van der Waals surface area contributed by atoms with E-state index >= 15 is 0 Å². The molecule has 21 aliphatic heterocycles. The highest BCUT2D eigenvalue weighted by atomic mass is 16.9. The van der Waals surface area contributed by atoms with E-state index in [9.17, 15) is 102 Å². The van der Waals surface area contributed by atoms with E-state index < -0.39 is 266 Å². The van der Waals surface area contributed by atoms with Crippen LogP contribution in [0.5, 0.6) is 0 Å². The van der Waals surface area contributed by atoms with Crippen molar-refractivity contribution in [2.75, 3.05) is 46.2 Å². The largest absolute Gasteiger partial charge is 0.394 e. The second-order valence-electron chi connectivity index (χ2n) is 19.9. The molecule has 21 aliphatic rings. The van der Waals surface area contributed by atoms with Crippen LogP contribution in [0, 0.1) is 10.1 Å². The highest BCUT2D eigenvalue weighted by Gasteiger charge is 2.59. The Morgan fingerprint density at radius 2 is 0.395 bits per heavy atom. The quantitative estimate of drug-likeness (QED) is 0.0831. The van der Waals surface area contributed by atoms with Crippen molar-refractivity contribution in [3.8, 4) is 0 Å². The lowest BCUT2D eigenvalue weighted by atomic mass is 9.95. The molecule has 23 N–H and O–H groups in total. The monoisotopic (exact) mass is 1200 g/mol. The van der Waals surface area contributed by atoms with Gasteiger partial charge in [-0.2, -0.15) is 0 Å². The van der Waals surface area contributed by atoms with E-state index in [1.54, 1.807) is 0 Å². The molecule has 0 aromatic carbocycles. The van der Waals surface area contributed by atoms with Crippen LogP contribution >= 0.6 is 0 Å². The van der Waals surface area contributed by atoms with Crippen LogP contribution < -0.4 is 5.73 Å². The second-order valence-corrected chi connectivity index (χ2v) is 19.9. The third-order valence-electron chi connectivity index (χ3n) is 14.8. The van der Waals surface area contributed by atoms with Gasteiger partial charge in [-0.3, -0.25) is 0 Å². The van der Waals surface area contributed by atoms with Gasteiger partial charge in [-0.1, -0.05) is 0 Å². The predicted octanol–water partition coefficient (Wildman–Crippen LogP) is -15.6. The molecule has 0 unspecified atom stereocenters. The summed E-state index contributed by atoms with van der Waals surface area (Å²) in [4.78, 5) is 8.36. The molecule has 14 bridgehead atoms. The molecule has 21 fully saturated rings. The molecule has 0 radical (unpaired) electrons. The molecule has 81 heavy (non-hydrogen) atoms. The van der Waals surface area contributed by atoms with Crippen molar-refractivity contribution in [3.63, 3.8) is 0 Å². The SMILES string of the molecule is NC[C@@H]1O[C@@H]2O[C@H]3[C@H](O)[C@@H](O)[C@@H](O[C@H]4[C@H](O)[C@@H](O)[C@@H](O[C@H]5[C@H](O)[C@@H](O)[C@@H](O[C@H]6[C@@H](O)[C@H](O)[C@@H](O[C@H]7[C@@H](O)[C@H](O)[C@@H](O[C@H]8[C@H](O)[C@@H](O)[C@@H](O[C@H]1[C@H](O)[C@H]2O)O[C@@H]8CO)O[C@@H]7CO)O[C@@H]6CO)O[C@@H]5CO)O[C@H]4CO)O[C@@H]3CO.O=[N+]([O-])O. The first kappa shape index (κ1) is 66.3. The number of nitrogens with zero attached hydrogens (tertiary/aromatic N) is 1. The lowest BCUT2D eigenvalue weighted by Gasteiger charge is -2.50. The minimum absolute atomic E-state index is 0.547. The van der Waals surface area contributed by atoms with E-state index in [2.05, 4.69) is 0 Å². The Labute approximate surface area is 455 Å². The Morgan fingerprint density at radius 3 is 0.519 bits per heavy atom. The minimum Gasteiger partial charge on any atom is -0.394 e. The number of rotatable bonds is 7. The zero-order valence-electron chi connectivity index (χ0n) is 42.1. The number of aliphatic hydroxyl groups is 20. The lowest BCUT2D eigenvalue weighted by Crippen LogP contribution is -2.68. The summed E-state index contributed by atoms with van der Waals surface area (Å²) < 4.78 is 79.9. The smallest absolute Gasteiger partial charge is 0.291 e. The molecule has 0 amide bonds. The van der Waals surface area contributed by atoms with E-state index in [4.69, 9.17) is 87.4 Å². The van der Waals surface area contributed by atoms with E-state index in [1.807, 2.05) is 0 Å². The molecule has 39 nitrogen and oxygen atoms in total. The van der Waals surface area contributed by atoms with Gasteiger partial charge in [-0.05, 0) is 0 Å². The molecule has 21 rings (SSSR count). The van der Waals surface area contributed by atoms with Crippen molar-refractivity contribution in [1.82, 2.24) is 0 Å². The van der Waals surface area contributed by atoms with Gasteiger partial charge in [0.1, 0.15) is 171 Å². The van der Waals surface area contributed by atoms with Gasteiger partial charge >= 0.3 is 0 Å². The molecule has 0 spiro atoms. The van der Waals surface area contributed by atoms with Gasteiger partial charge in [0.25, 0.3) is 5.09 Å². The third-order valence-corrected chi connectivity index (χ3v) is 14.8. The van der Waals surface area contributed by atoms with Crippen molar-refractivity contribution in [1.29, 1.82) is 0 Å². The molecule has 472 valence electrons. The van der Waals surface area contributed by atoms with E-state index in [0.29, 0.717) is 0 Å². The Hall–Kier alpha value is -2.20. The first-order chi connectivity index (χ1) is 38.4. The maximum atomic E-state index is 11.4. The summed E-state index contributed by atoms with van der Waals surface area (Å²) in [6.07, 6.45) is -69.2. The molecule has 35 atom stereocenters. The molecular weight excluding hydrogens is 1120 g/mol. The van der Waals surface area contributed by atoms with E-state index in [-0.39, 0.29) is 0 Å². The lowest BCUT2D eigenvalue weighted by molar-refractivity contribution is -0.742. The average molecular weight is 1200 g/mol. The van der Waals surface area contributed by atoms with Crippen LogP contribution in [0.2, 0.25) is 0 Å². The van der Waals surface area contributed by atoms with Crippen molar-refractivity contribution < 1.29 is 179 Å². The zero-order valence-corrected chi connectivity index (χ0v) is 42.1. The normalized spacial score (nSPS) is 52.9. The number of ether oxygens (including phenoxy) is 14. The van der Waals surface area contributed by atoms with E-state index in [1.165, 1.54) is 0 Å². The standard InChI is InChI=1S/C42H71NO34.HNO3/c43-1-8-29-15(50)22(57)36(64-8)72-30-9(2-44)66-38(24(59)17(30)52)74-32-11(4-46)68-40(26(61)19(32)54)76-34-13(6-48)70-42(28(63)21(34)56)77-35-14(7-49)69-41(27(62)20(35)55)75-33-12(5-47)67-39(25(60)18(33)53)73-31-10(3-45)65-37(71-29)23(58)16(31)51;2-1(3)4/h8-42,44-63H,1-7,43H2;(H,2,3,4)/t8-,9+,10+,11-,12+,13+,14+,15+,16+,17+,18-,19+,20-,21+,22+,23+,24+,25-,26+,27-,28+,29+,30+,31+,32+,33+,34+,35+,36+,37+,38+,39+,40+,41+,42+;/m0./s1.